The van der Waals surface area contributed by atoms with Crippen molar-refractivity contribution in [1.82, 2.24) is 14.8 Å². The molecule has 1 N–H and O–H groups in total. The van der Waals surface area contributed by atoms with Crippen LogP contribution in [-0.4, -0.2) is 20.7 Å². The standard InChI is InChI=1S/C14H12ClF3N4O/c15-9-4-2-6-19-13(9)20-11(23)7-22-10-5-1-3-8(10)12(21-22)14(16,17)18/h2,4,6H,1,3,5,7H2,(H,19,20,23). The molecule has 0 spiro atoms. The molecule has 2 aromatic heterocycles. The first-order valence-electron chi connectivity index (χ1n) is 6.92. The number of fused-ring (bicyclic) bond motifs is 1. The lowest BCUT2D eigenvalue weighted by atomic mass is 10.2. The summed E-state index contributed by atoms with van der Waals surface area (Å²) in [5.41, 5.74) is -0.227. The van der Waals surface area contributed by atoms with Crippen molar-refractivity contribution < 1.29 is 18.0 Å². The van der Waals surface area contributed by atoms with Crippen LogP contribution in [0.3, 0.4) is 0 Å². The molecule has 0 saturated heterocycles. The first-order valence-corrected chi connectivity index (χ1v) is 7.30. The largest absolute Gasteiger partial charge is 0.435 e. The zero-order valence-electron chi connectivity index (χ0n) is 11.8. The number of nitrogens with one attached hydrogen (secondary N) is 1. The van der Waals surface area contributed by atoms with Gasteiger partial charge in [-0.1, -0.05) is 11.6 Å². The minimum Gasteiger partial charge on any atom is -0.308 e. The maximum Gasteiger partial charge on any atom is 0.435 e. The Morgan fingerprint density at radius 2 is 2.17 bits per heavy atom. The number of carbonyl (C=O) groups is 1. The number of anilines is 1. The molecule has 0 bridgehead atoms. The van der Waals surface area contributed by atoms with Crippen LogP contribution in [0.2, 0.25) is 5.02 Å². The van der Waals surface area contributed by atoms with Gasteiger partial charge in [-0.2, -0.15) is 18.3 Å². The Labute approximate surface area is 134 Å². The Balaban J connectivity index is 1.81. The molecule has 0 radical (unpaired) electrons. The molecule has 2 heterocycles. The highest BCUT2D eigenvalue weighted by molar-refractivity contribution is 6.33. The fraction of sp³-hybridized carbons (Fsp3) is 0.357. The number of amides is 1. The predicted octanol–water partition coefficient (Wildman–Crippen LogP) is 3.08. The molecule has 9 heteroatoms. The molecular formula is C14H12ClF3N4O. The molecule has 3 rings (SSSR count). The van der Waals surface area contributed by atoms with Crippen molar-refractivity contribution in [2.45, 2.75) is 32.0 Å². The minimum absolute atomic E-state index is 0.166. The molecular weight excluding hydrogens is 333 g/mol. The maximum atomic E-state index is 13.0. The van der Waals surface area contributed by atoms with Crippen molar-refractivity contribution in [2.75, 3.05) is 5.32 Å². The third-order valence-electron chi connectivity index (χ3n) is 3.59. The van der Waals surface area contributed by atoms with E-state index >= 15 is 0 Å². The van der Waals surface area contributed by atoms with Crippen molar-refractivity contribution in [2.24, 2.45) is 0 Å². The number of carbonyl (C=O) groups excluding carboxylic acids is 1. The summed E-state index contributed by atoms with van der Waals surface area (Å²) < 4.78 is 40.1. The molecule has 0 aliphatic heterocycles. The Hall–Kier alpha value is -2.09. The molecule has 1 aliphatic carbocycles. The summed E-state index contributed by atoms with van der Waals surface area (Å²) in [7, 11) is 0. The molecule has 0 fully saturated rings. The summed E-state index contributed by atoms with van der Waals surface area (Å²) in [6.07, 6.45) is -1.62. The second-order valence-corrected chi connectivity index (χ2v) is 5.57. The van der Waals surface area contributed by atoms with E-state index in [1.807, 2.05) is 0 Å². The molecule has 1 amide bonds. The van der Waals surface area contributed by atoms with Crippen LogP contribution in [0.5, 0.6) is 0 Å². The summed E-state index contributed by atoms with van der Waals surface area (Å²) in [6, 6.07) is 3.16. The van der Waals surface area contributed by atoms with E-state index in [0.29, 0.717) is 25.0 Å². The number of hydrogen-bond acceptors (Lipinski definition) is 3. The van der Waals surface area contributed by atoms with Crippen LogP contribution < -0.4 is 5.32 Å². The van der Waals surface area contributed by atoms with Crippen LogP contribution in [0, 0.1) is 0 Å². The number of aromatic nitrogens is 3. The van der Waals surface area contributed by atoms with E-state index in [-0.39, 0.29) is 22.9 Å². The lowest BCUT2D eigenvalue weighted by molar-refractivity contribution is -0.142. The number of nitrogens with zero attached hydrogens (tertiary/aromatic N) is 3. The van der Waals surface area contributed by atoms with Gasteiger partial charge in [0.2, 0.25) is 5.91 Å². The molecule has 0 aromatic carbocycles. The van der Waals surface area contributed by atoms with Crippen molar-refractivity contribution in [3.05, 3.63) is 40.3 Å². The summed E-state index contributed by atoms with van der Waals surface area (Å²) in [6.45, 7) is -0.314. The van der Waals surface area contributed by atoms with E-state index in [4.69, 9.17) is 11.6 Å². The Bertz CT molecular complexity index is 757. The number of pyridine rings is 1. The van der Waals surface area contributed by atoms with Crippen molar-refractivity contribution in [3.63, 3.8) is 0 Å². The van der Waals surface area contributed by atoms with Crippen LogP contribution >= 0.6 is 11.6 Å². The second kappa shape index (κ2) is 5.84. The van der Waals surface area contributed by atoms with Crippen molar-refractivity contribution in [3.8, 4) is 0 Å². The van der Waals surface area contributed by atoms with Gasteiger partial charge in [0.15, 0.2) is 11.5 Å². The topological polar surface area (TPSA) is 59.8 Å². The summed E-state index contributed by atoms with van der Waals surface area (Å²) >= 11 is 5.88. The highest BCUT2D eigenvalue weighted by Gasteiger charge is 2.40. The molecule has 0 unspecified atom stereocenters. The number of hydrogen-bond donors (Lipinski definition) is 1. The summed E-state index contributed by atoms with van der Waals surface area (Å²) in [4.78, 5) is 15.9. The van der Waals surface area contributed by atoms with Gasteiger partial charge in [-0.05, 0) is 31.4 Å². The van der Waals surface area contributed by atoms with Crippen molar-refractivity contribution >= 4 is 23.3 Å². The van der Waals surface area contributed by atoms with Crippen LogP contribution in [-0.2, 0) is 30.4 Å². The third-order valence-corrected chi connectivity index (χ3v) is 3.89. The average Bonchev–Trinajstić information content (AvgIpc) is 3.04. The zero-order chi connectivity index (χ0) is 16.6. The highest BCUT2D eigenvalue weighted by atomic mass is 35.5. The smallest absolute Gasteiger partial charge is 0.308 e. The number of rotatable bonds is 3. The Morgan fingerprint density at radius 1 is 1.39 bits per heavy atom. The predicted molar refractivity (Wildman–Crippen MR) is 77.1 cm³/mol. The molecule has 23 heavy (non-hydrogen) atoms. The summed E-state index contributed by atoms with van der Waals surface area (Å²) in [5, 5.41) is 6.31. The van der Waals surface area contributed by atoms with E-state index in [9.17, 15) is 18.0 Å². The van der Waals surface area contributed by atoms with Gasteiger partial charge in [0, 0.05) is 17.5 Å². The van der Waals surface area contributed by atoms with Gasteiger partial charge < -0.3 is 5.32 Å². The van der Waals surface area contributed by atoms with E-state index in [1.54, 1.807) is 12.1 Å². The van der Waals surface area contributed by atoms with Crippen LogP contribution in [0.25, 0.3) is 0 Å². The molecule has 0 atom stereocenters. The van der Waals surface area contributed by atoms with Gasteiger partial charge in [-0.3, -0.25) is 9.48 Å². The third kappa shape index (κ3) is 3.17. The van der Waals surface area contributed by atoms with Gasteiger partial charge in [0.1, 0.15) is 6.54 Å². The van der Waals surface area contributed by atoms with E-state index in [0.717, 1.165) is 4.68 Å². The van der Waals surface area contributed by atoms with Crippen LogP contribution in [0.15, 0.2) is 18.3 Å². The highest BCUT2D eigenvalue weighted by Crippen LogP contribution is 2.36. The Kier molecular flexibility index (Phi) is 4.01. The molecule has 0 saturated carbocycles. The van der Waals surface area contributed by atoms with Gasteiger partial charge in [-0.25, -0.2) is 4.98 Å². The monoisotopic (exact) mass is 344 g/mol. The summed E-state index contributed by atoms with van der Waals surface area (Å²) in [5.74, 6) is -0.365. The van der Waals surface area contributed by atoms with Crippen LogP contribution in [0.1, 0.15) is 23.4 Å². The maximum absolute atomic E-state index is 13.0. The zero-order valence-corrected chi connectivity index (χ0v) is 12.6. The molecule has 1 aliphatic rings. The molecule has 2 aromatic rings. The molecule has 5 nitrogen and oxygen atoms in total. The van der Waals surface area contributed by atoms with Crippen molar-refractivity contribution in [1.29, 1.82) is 0 Å². The second-order valence-electron chi connectivity index (χ2n) is 5.16. The Morgan fingerprint density at radius 3 is 2.87 bits per heavy atom. The normalized spacial score (nSPS) is 13.9. The van der Waals surface area contributed by atoms with Gasteiger partial charge in [-0.15, -0.1) is 0 Å². The van der Waals surface area contributed by atoms with E-state index in [2.05, 4.69) is 15.4 Å². The van der Waals surface area contributed by atoms with Gasteiger partial charge in [0.25, 0.3) is 0 Å². The van der Waals surface area contributed by atoms with Gasteiger partial charge >= 0.3 is 6.18 Å². The first kappa shape index (κ1) is 15.8. The minimum atomic E-state index is -4.51. The fourth-order valence-corrected chi connectivity index (χ4v) is 2.82. The van der Waals surface area contributed by atoms with E-state index < -0.39 is 17.8 Å². The first-order chi connectivity index (χ1) is 10.9. The quantitative estimate of drug-likeness (QED) is 0.931. The van der Waals surface area contributed by atoms with Gasteiger partial charge in [0.05, 0.1) is 5.02 Å². The SMILES string of the molecule is O=C(Cn1nc(C(F)(F)F)c2c1CCC2)Nc1ncccc1Cl. The lowest BCUT2D eigenvalue weighted by Gasteiger charge is -2.08. The molecule has 122 valence electrons. The lowest BCUT2D eigenvalue weighted by Crippen LogP contribution is -2.22. The average molecular weight is 345 g/mol. The van der Waals surface area contributed by atoms with Crippen LogP contribution in [0.4, 0.5) is 19.0 Å². The fourth-order valence-electron chi connectivity index (χ4n) is 2.65. The van der Waals surface area contributed by atoms with E-state index in [1.165, 1.54) is 6.20 Å². The number of halogens is 4. The number of alkyl halides is 3.